The van der Waals surface area contributed by atoms with E-state index in [2.05, 4.69) is 10.2 Å². The maximum absolute atomic E-state index is 13.0. The van der Waals surface area contributed by atoms with Crippen LogP contribution in [0.5, 0.6) is 0 Å². The molecule has 2 unspecified atom stereocenters. The van der Waals surface area contributed by atoms with Crippen molar-refractivity contribution in [2.75, 3.05) is 19.6 Å². The molecule has 0 aromatic heterocycles. The van der Waals surface area contributed by atoms with Gasteiger partial charge in [-0.05, 0) is 56.5 Å². The highest BCUT2D eigenvalue weighted by atomic mass is 19.1. The van der Waals surface area contributed by atoms with Crippen LogP contribution in [0, 0.1) is 5.82 Å². The van der Waals surface area contributed by atoms with E-state index in [1.807, 2.05) is 6.07 Å². The standard InChI is InChI=1S/C15H21FN2/c16-13-4-1-3-12(11-13)6-8-17-14-7-10-18-9-2-5-15(14)18/h1,3-4,11,14-15,17H,2,5-10H2. The van der Waals surface area contributed by atoms with Gasteiger partial charge in [0.15, 0.2) is 0 Å². The Morgan fingerprint density at radius 3 is 3.11 bits per heavy atom. The lowest BCUT2D eigenvalue weighted by molar-refractivity contribution is 0.299. The summed E-state index contributed by atoms with van der Waals surface area (Å²) in [5.74, 6) is -0.129. The van der Waals surface area contributed by atoms with Crippen LogP contribution in [0.25, 0.3) is 0 Å². The fourth-order valence-electron chi connectivity index (χ4n) is 3.41. The summed E-state index contributed by atoms with van der Waals surface area (Å²) < 4.78 is 13.0. The molecule has 0 aliphatic carbocycles. The Bertz CT molecular complexity index is 407. The minimum Gasteiger partial charge on any atom is -0.312 e. The van der Waals surface area contributed by atoms with E-state index in [1.54, 1.807) is 12.1 Å². The first-order valence-electron chi connectivity index (χ1n) is 7.05. The number of fused-ring (bicyclic) bond motifs is 1. The van der Waals surface area contributed by atoms with Gasteiger partial charge in [-0.1, -0.05) is 12.1 Å². The summed E-state index contributed by atoms with van der Waals surface area (Å²) in [5.41, 5.74) is 1.09. The van der Waals surface area contributed by atoms with E-state index in [4.69, 9.17) is 0 Å². The highest BCUT2D eigenvalue weighted by molar-refractivity contribution is 5.16. The van der Waals surface area contributed by atoms with Gasteiger partial charge < -0.3 is 5.32 Å². The van der Waals surface area contributed by atoms with Crippen molar-refractivity contribution >= 4 is 0 Å². The van der Waals surface area contributed by atoms with Crippen LogP contribution in [0.4, 0.5) is 4.39 Å². The summed E-state index contributed by atoms with van der Waals surface area (Å²) in [7, 11) is 0. The third-order valence-corrected chi connectivity index (χ3v) is 4.32. The molecule has 1 aromatic rings. The maximum Gasteiger partial charge on any atom is 0.123 e. The lowest BCUT2D eigenvalue weighted by Gasteiger charge is -2.21. The summed E-state index contributed by atoms with van der Waals surface area (Å²) >= 11 is 0. The highest BCUT2D eigenvalue weighted by Gasteiger charge is 2.36. The Kier molecular flexibility index (Phi) is 3.62. The number of hydrogen-bond acceptors (Lipinski definition) is 2. The minimum absolute atomic E-state index is 0.129. The van der Waals surface area contributed by atoms with Crippen LogP contribution in [0.1, 0.15) is 24.8 Å². The summed E-state index contributed by atoms with van der Waals surface area (Å²) in [6, 6.07) is 8.35. The molecule has 98 valence electrons. The molecule has 0 amide bonds. The largest absolute Gasteiger partial charge is 0.312 e. The molecule has 0 saturated carbocycles. The topological polar surface area (TPSA) is 15.3 Å². The van der Waals surface area contributed by atoms with Crippen LogP contribution in [0.15, 0.2) is 24.3 Å². The fraction of sp³-hybridized carbons (Fsp3) is 0.600. The molecule has 0 spiro atoms. The van der Waals surface area contributed by atoms with Gasteiger partial charge in [-0.25, -0.2) is 4.39 Å². The quantitative estimate of drug-likeness (QED) is 0.878. The van der Waals surface area contributed by atoms with E-state index in [0.717, 1.165) is 24.6 Å². The molecule has 0 bridgehead atoms. The lowest BCUT2D eigenvalue weighted by Crippen LogP contribution is -2.39. The molecule has 2 fully saturated rings. The van der Waals surface area contributed by atoms with Crippen molar-refractivity contribution in [1.82, 2.24) is 10.2 Å². The number of hydrogen-bond donors (Lipinski definition) is 1. The number of halogens is 1. The van der Waals surface area contributed by atoms with Crippen LogP contribution < -0.4 is 5.32 Å². The van der Waals surface area contributed by atoms with Crippen LogP contribution in [-0.2, 0) is 6.42 Å². The zero-order valence-corrected chi connectivity index (χ0v) is 10.7. The first kappa shape index (κ1) is 12.1. The molecule has 2 saturated heterocycles. The van der Waals surface area contributed by atoms with Gasteiger partial charge >= 0.3 is 0 Å². The molecule has 3 heteroatoms. The van der Waals surface area contributed by atoms with Crippen molar-refractivity contribution in [2.24, 2.45) is 0 Å². The lowest BCUT2D eigenvalue weighted by atomic mass is 10.1. The normalized spacial score (nSPS) is 27.6. The second kappa shape index (κ2) is 5.37. The third kappa shape index (κ3) is 2.57. The van der Waals surface area contributed by atoms with E-state index >= 15 is 0 Å². The SMILES string of the molecule is Fc1cccc(CCNC2CCN3CCCC23)c1. The summed E-state index contributed by atoms with van der Waals surface area (Å²) in [6.07, 6.45) is 4.89. The Balaban J connectivity index is 1.47. The fourth-order valence-corrected chi connectivity index (χ4v) is 3.41. The van der Waals surface area contributed by atoms with E-state index in [1.165, 1.54) is 38.4 Å². The average molecular weight is 248 g/mol. The summed E-state index contributed by atoms with van der Waals surface area (Å²) in [4.78, 5) is 2.61. The molecule has 1 aromatic carbocycles. The number of nitrogens with zero attached hydrogens (tertiary/aromatic N) is 1. The molecule has 2 aliphatic rings. The Labute approximate surface area is 108 Å². The third-order valence-electron chi connectivity index (χ3n) is 4.32. The van der Waals surface area contributed by atoms with Gasteiger partial charge in [0.25, 0.3) is 0 Å². The second-order valence-corrected chi connectivity index (χ2v) is 5.47. The van der Waals surface area contributed by atoms with Crippen LogP contribution >= 0.6 is 0 Å². The van der Waals surface area contributed by atoms with Crippen LogP contribution in [0.2, 0.25) is 0 Å². The molecular formula is C15H21FN2. The van der Waals surface area contributed by atoms with Crippen LogP contribution in [-0.4, -0.2) is 36.6 Å². The van der Waals surface area contributed by atoms with E-state index in [-0.39, 0.29) is 5.82 Å². The van der Waals surface area contributed by atoms with E-state index in [9.17, 15) is 4.39 Å². The smallest absolute Gasteiger partial charge is 0.123 e. The van der Waals surface area contributed by atoms with Gasteiger partial charge in [0.2, 0.25) is 0 Å². The van der Waals surface area contributed by atoms with Gasteiger partial charge in [-0.2, -0.15) is 0 Å². The highest BCUT2D eigenvalue weighted by Crippen LogP contribution is 2.27. The molecule has 0 radical (unpaired) electrons. The summed E-state index contributed by atoms with van der Waals surface area (Å²) in [5, 5.41) is 3.66. The zero-order valence-electron chi connectivity index (χ0n) is 10.7. The van der Waals surface area contributed by atoms with Crippen molar-refractivity contribution in [3.63, 3.8) is 0 Å². The van der Waals surface area contributed by atoms with Gasteiger partial charge in [-0.3, -0.25) is 4.90 Å². The molecule has 3 rings (SSSR count). The molecule has 2 aliphatic heterocycles. The predicted molar refractivity (Wildman–Crippen MR) is 71.1 cm³/mol. The van der Waals surface area contributed by atoms with Crippen molar-refractivity contribution in [2.45, 2.75) is 37.8 Å². The van der Waals surface area contributed by atoms with Crippen molar-refractivity contribution in [3.05, 3.63) is 35.6 Å². The van der Waals surface area contributed by atoms with Gasteiger partial charge in [-0.15, -0.1) is 0 Å². The average Bonchev–Trinajstić information content (AvgIpc) is 2.93. The van der Waals surface area contributed by atoms with Crippen molar-refractivity contribution in [3.8, 4) is 0 Å². The second-order valence-electron chi connectivity index (χ2n) is 5.47. The van der Waals surface area contributed by atoms with Crippen LogP contribution in [0.3, 0.4) is 0 Å². The van der Waals surface area contributed by atoms with E-state index in [0.29, 0.717) is 6.04 Å². The number of rotatable bonds is 4. The molecule has 1 N–H and O–H groups in total. The molecule has 2 atom stereocenters. The Hall–Kier alpha value is -0.930. The predicted octanol–water partition coefficient (Wildman–Crippen LogP) is 2.19. The number of benzene rings is 1. The van der Waals surface area contributed by atoms with Crippen molar-refractivity contribution in [1.29, 1.82) is 0 Å². The minimum atomic E-state index is -0.129. The zero-order chi connectivity index (χ0) is 12.4. The van der Waals surface area contributed by atoms with Gasteiger partial charge in [0, 0.05) is 18.6 Å². The Morgan fingerprint density at radius 2 is 2.22 bits per heavy atom. The summed E-state index contributed by atoms with van der Waals surface area (Å²) in [6.45, 7) is 3.49. The molecule has 18 heavy (non-hydrogen) atoms. The molecular weight excluding hydrogens is 227 g/mol. The molecule has 2 heterocycles. The Morgan fingerprint density at radius 1 is 1.28 bits per heavy atom. The number of nitrogens with one attached hydrogen (secondary N) is 1. The maximum atomic E-state index is 13.0. The van der Waals surface area contributed by atoms with Crippen molar-refractivity contribution < 1.29 is 4.39 Å². The van der Waals surface area contributed by atoms with Gasteiger partial charge in [0.1, 0.15) is 5.82 Å². The first-order chi connectivity index (χ1) is 8.83. The molecule has 2 nitrogen and oxygen atoms in total. The van der Waals surface area contributed by atoms with Gasteiger partial charge in [0.05, 0.1) is 0 Å². The monoisotopic (exact) mass is 248 g/mol. The van der Waals surface area contributed by atoms with E-state index < -0.39 is 0 Å². The first-order valence-corrected chi connectivity index (χ1v) is 7.05.